The molecule has 0 saturated carbocycles. The van der Waals surface area contributed by atoms with E-state index in [1.165, 1.54) is 11.1 Å². The zero-order valence-corrected chi connectivity index (χ0v) is 8.73. The molecule has 1 aromatic rings. The second-order valence-corrected chi connectivity index (χ2v) is 4.37. The third-order valence-corrected chi connectivity index (χ3v) is 2.95. The molecule has 1 heterocycles. The fourth-order valence-electron chi connectivity index (χ4n) is 1.95. The van der Waals surface area contributed by atoms with E-state index >= 15 is 0 Å². The first-order chi connectivity index (χ1) is 6.58. The Balaban J connectivity index is 2.34. The van der Waals surface area contributed by atoms with Gasteiger partial charge in [-0.25, -0.2) is 4.39 Å². The number of alkyl halides is 1. The Kier molecular flexibility index (Phi) is 2.22. The summed E-state index contributed by atoms with van der Waals surface area (Å²) in [7, 11) is 0. The quantitative estimate of drug-likeness (QED) is 0.667. The van der Waals surface area contributed by atoms with Gasteiger partial charge in [0.2, 0.25) is 0 Å². The van der Waals surface area contributed by atoms with Crippen molar-refractivity contribution in [2.24, 2.45) is 0 Å². The number of hydrogen-bond donors (Lipinski definition) is 1. The molecule has 0 spiro atoms. The highest BCUT2D eigenvalue weighted by Crippen LogP contribution is 2.29. The van der Waals surface area contributed by atoms with Crippen molar-refractivity contribution < 1.29 is 4.39 Å². The number of nitrogens with one attached hydrogen (secondary N) is 1. The van der Waals surface area contributed by atoms with Gasteiger partial charge in [0.1, 0.15) is 5.67 Å². The first-order valence-corrected chi connectivity index (χ1v) is 5.10. The molecule has 2 rings (SSSR count). The summed E-state index contributed by atoms with van der Waals surface area (Å²) in [5.74, 6) is 0. The van der Waals surface area contributed by atoms with Gasteiger partial charge in [-0.1, -0.05) is 12.1 Å². The zero-order valence-electron chi connectivity index (χ0n) is 8.73. The van der Waals surface area contributed by atoms with Crippen molar-refractivity contribution in [3.05, 3.63) is 29.3 Å². The fourth-order valence-corrected chi connectivity index (χ4v) is 1.95. The molecule has 1 nitrogen and oxygen atoms in total. The number of anilines is 1. The Morgan fingerprint density at radius 2 is 2.21 bits per heavy atom. The van der Waals surface area contributed by atoms with E-state index in [1.54, 1.807) is 6.92 Å². The predicted molar refractivity (Wildman–Crippen MR) is 57.5 cm³/mol. The minimum absolute atomic E-state index is 0.420. The van der Waals surface area contributed by atoms with Crippen LogP contribution in [0.5, 0.6) is 0 Å². The van der Waals surface area contributed by atoms with Gasteiger partial charge in [-0.05, 0) is 43.9 Å². The molecule has 76 valence electrons. The lowest BCUT2D eigenvalue weighted by Gasteiger charge is -2.17. The van der Waals surface area contributed by atoms with Crippen molar-refractivity contribution in [3.8, 4) is 0 Å². The van der Waals surface area contributed by atoms with Gasteiger partial charge < -0.3 is 5.32 Å². The Labute approximate surface area is 84.3 Å². The summed E-state index contributed by atoms with van der Waals surface area (Å²) in [6.07, 6.45) is 1.44. The Bertz CT molecular complexity index is 344. The summed E-state index contributed by atoms with van der Waals surface area (Å²) < 4.78 is 13.8. The standard InChI is InChI=1S/C12H16FN/c1-9-4-3-5-11-10(9)6-7-12(2,13)8-14-11/h3-5,14H,6-8H2,1-2H3. The molecule has 0 saturated heterocycles. The first kappa shape index (κ1) is 9.50. The van der Waals surface area contributed by atoms with Crippen molar-refractivity contribution in [2.45, 2.75) is 32.4 Å². The van der Waals surface area contributed by atoms with Crippen molar-refractivity contribution in [2.75, 3.05) is 11.9 Å². The number of hydrogen-bond acceptors (Lipinski definition) is 1. The molecule has 0 aliphatic carbocycles. The number of aryl methyl sites for hydroxylation is 1. The number of fused-ring (bicyclic) bond motifs is 1. The summed E-state index contributed by atoms with van der Waals surface area (Å²) in [4.78, 5) is 0. The van der Waals surface area contributed by atoms with Crippen LogP contribution >= 0.6 is 0 Å². The average Bonchev–Trinajstić information content (AvgIpc) is 2.27. The van der Waals surface area contributed by atoms with Gasteiger partial charge in [0.05, 0.1) is 0 Å². The van der Waals surface area contributed by atoms with E-state index in [9.17, 15) is 4.39 Å². The maximum Gasteiger partial charge on any atom is 0.125 e. The number of benzene rings is 1. The van der Waals surface area contributed by atoms with Crippen LogP contribution in [0.3, 0.4) is 0 Å². The molecule has 0 radical (unpaired) electrons. The highest BCUT2D eigenvalue weighted by molar-refractivity contribution is 5.55. The van der Waals surface area contributed by atoms with E-state index in [1.807, 2.05) is 12.1 Å². The Hall–Kier alpha value is -1.05. The molecule has 1 aliphatic heterocycles. The largest absolute Gasteiger partial charge is 0.382 e. The summed E-state index contributed by atoms with van der Waals surface area (Å²) in [6.45, 7) is 4.17. The van der Waals surface area contributed by atoms with Gasteiger partial charge in [-0.2, -0.15) is 0 Å². The highest BCUT2D eigenvalue weighted by Gasteiger charge is 2.26. The van der Waals surface area contributed by atoms with Crippen LogP contribution in [0, 0.1) is 6.92 Å². The molecular weight excluding hydrogens is 177 g/mol. The molecule has 1 aromatic carbocycles. The summed E-state index contributed by atoms with van der Waals surface area (Å²) in [5, 5.41) is 3.18. The van der Waals surface area contributed by atoms with Crippen LogP contribution in [0.15, 0.2) is 18.2 Å². The van der Waals surface area contributed by atoms with Crippen molar-refractivity contribution in [3.63, 3.8) is 0 Å². The van der Waals surface area contributed by atoms with E-state index in [0.717, 1.165) is 12.1 Å². The molecule has 2 heteroatoms. The van der Waals surface area contributed by atoms with E-state index in [2.05, 4.69) is 18.3 Å². The first-order valence-electron chi connectivity index (χ1n) is 5.10. The van der Waals surface area contributed by atoms with E-state index in [4.69, 9.17) is 0 Å². The molecule has 1 aliphatic rings. The minimum Gasteiger partial charge on any atom is -0.382 e. The van der Waals surface area contributed by atoms with Gasteiger partial charge in [-0.3, -0.25) is 0 Å². The highest BCUT2D eigenvalue weighted by atomic mass is 19.1. The number of halogens is 1. The van der Waals surface area contributed by atoms with E-state index < -0.39 is 5.67 Å². The van der Waals surface area contributed by atoms with Gasteiger partial charge in [0.15, 0.2) is 0 Å². The van der Waals surface area contributed by atoms with Crippen molar-refractivity contribution in [1.29, 1.82) is 0 Å². The molecule has 0 bridgehead atoms. The molecule has 14 heavy (non-hydrogen) atoms. The third-order valence-electron chi connectivity index (χ3n) is 2.95. The molecule has 1 atom stereocenters. The maximum absolute atomic E-state index is 13.8. The molecule has 0 amide bonds. The number of rotatable bonds is 0. The topological polar surface area (TPSA) is 12.0 Å². The molecular formula is C12H16FN. The maximum atomic E-state index is 13.8. The van der Waals surface area contributed by atoms with Crippen LogP contribution < -0.4 is 5.32 Å². The van der Waals surface area contributed by atoms with Crippen molar-refractivity contribution in [1.82, 2.24) is 0 Å². The van der Waals surface area contributed by atoms with Crippen LogP contribution in [0.2, 0.25) is 0 Å². The smallest absolute Gasteiger partial charge is 0.125 e. The van der Waals surface area contributed by atoms with Crippen LogP contribution in [-0.2, 0) is 6.42 Å². The average molecular weight is 193 g/mol. The Morgan fingerprint density at radius 1 is 1.43 bits per heavy atom. The normalized spacial score (nSPS) is 26.2. The van der Waals surface area contributed by atoms with Crippen LogP contribution in [0.25, 0.3) is 0 Å². The van der Waals surface area contributed by atoms with E-state index in [0.29, 0.717) is 13.0 Å². The van der Waals surface area contributed by atoms with Gasteiger partial charge >= 0.3 is 0 Å². The lowest BCUT2D eigenvalue weighted by atomic mass is 9.98. The molecule has 0 fully saturated rings. The second kappa shape index (κ2) is 3.26. The van der Waals surface area contributed by atoms with Crippen LogP contribution in [0.1, 0.15) is 24.5 Å². The fraction of sp³-hybridized carbons (Fsp3) is 0.500. The second-order valence-electron chi connectivity index (χ2n) is 4.37. The van der Waals surface area contributed by atoms with Crippen LogP contribution in [0.4, 0.5) is 10.1 Å². The van der Waals surface area contributed by atoms with Gasteiger partial charge in [0.25, 0.3) is 0 Å². The summed E-state index contributed by atoms with van der Waals surface area (Å²) in [6, 6.07) is 6.13. The van der Waals surface area contributed by atoms with Gasteiger partial charge in [0, 0.05) is 12.2 Å². The SMILES string of the molecule is Cc1cccc2c1CCC(C)(F)CN2. The zero-order chi connectivity index (χ0) is 10.2. The molecule has 1 unspecified atom stereocenters. The van der Waals surface area contributed by atoms with Crippen molar-refractivity contribution >= 4 is 5.69 Å². The van der Waals surface area contributed by atoms with Crippen LogP contribution in [-0.4, -0.2) is 12.2 Å². The third kappa shape index (κ3) is 1.74. The summed E-state index contributed by atoms with van der Waals surface area (Å²) in [5.41, 5.74) is 2.55. The monoisotopic (exact) mass is 193 g/mol. The Morgan fingerprint density at radius 3 is 3.00 bits per heavy atom. The lowest BCUT2D eigenvalue weighted by molar-refractivity contribution is 0.195. The minimum atomic E-state index is -1.08. The lowest BCUT2D eigenvalue weighted by Crippen LogP contribution is -2.26. The van der Waals surface area contributed by atoms with E-state index in [-0.39, 0.29) is 0 Å². The van der Waals surface area contributed by atoms with Gasteiger partial charge in [-0.15, -0.1) is 0 Å². The molecule has 1 N–H and O–H groups in total. The summed E-state index contributed by atoms with van der Waals surface area (Å²) >= 11 is 0. The molecule has 0 aromatic heterocycles. The predicted octanol–water partition coefficient (Wildman–Crippen LogP) is 3.08.